The van der Waals surface area contributed by atoms with Gasteiger partial charge in [0.05, 0.1) is 13.2 Å². The third-order valence-electron chi connectivity index (χ3n) is 5.22. The van der Waals surface area contributed by atoms with Crippen LogP contribution in [0.25, 0.3) is 0 Å². The van der Waals surface area contributed by atoms with Gasteiger partial charge in [-0.2, -0.15) is 0 Å². The highest BCUT2D eigenvalue weighted by atomic mass is 79.9. The maximum Gasteiger partial charge on any atom is 0.328 e. The number of aliphatic hydroxyl groups excluding tert-OH is 1. The van der Waals surface area contributed by atoms with Crippen molar-refractivity contribution < 1.29 is 24.2 Å². The first kappa shape index (κ1) is 25.1. The zero-order chi connectivity index (χ0) is 24.5. The van der Waals surface area contributed by atoms with E-state index in [9.17, 15) is 19.5 Å². The van der Waals surface area contributed by atoms with Crippen LogP contribution in [0.15, 0.2) is 89.4 Å². The molecule has 0 aromatic heterocycles. The van der Waals surface area contributed by atoms with E-state index in [1.165, 1.54) is 7.11 Å². The normalized spacial score (nSPS) is 13.3. The fourth-order valence-corrected chi connectivity index (χ4v) is 3.68. The number of halogens is 1. The average Bonchev–Trinajstić information content (AvgIpc) is 2.88. The van der Waals surface area contributed by atoms with Gasteiger partial charge in [0.15, 0.2) is 6.10 Å². The Balaban J connectivity index is 1.80. The number of aliphatic hydroxyl groups is 1. The second-order valence-electron chi connectivity index (χ2n) is 7.59. The number of amides is 2. The van der Waals surface area contributed by atoms with E-state index in [0.717, 1.165) is 10.0 Å². The van der Waals surface area contributed by atoms with Gasteiger partial charge in [-0.25, -0.2) is 4.79 Å². The number of carbonyl (C=O) groups is 3. The van der Waals surface area contributed by atoms with Gasteiger partial charge in [-0.1, -0.05) is 76.6 Å². The molecule has 3 aromatic carbocycles. The van der Waals surface area contributed by atoms with Gasteiger partial charge in [0.25, 0.3) is 11.8 Å². The van der Waals surface area contributed by atoms with Crippen molar-refractivity contribution in [2.24, 2.45) is 0 Å². The van der Waals surface area contributed by atoms with Gasteiger partial charge in [0.2, 0.25) is 0 Å². The molecule has 0 spiro atoms. The van der Waals surface area contributed by atoms with Crippen LogP contribution >= 0.6 is 15.9 Å². The quantitative estimate of drug-likeness (QED) is 0.373. The zero-order valence-corrected chi connectivity index (χ0v) is 20.1. The van der Waals surface area contributed by atoms with Crippen molar-refractivity contribution in [2.75, 3.05) is 7.11 Å². The summed E-state index contributed by atoms with van der Waals surface area (Å²) in [5, 5.41) is 16.2. The second-order valence-corrected chi connectivity index (χ2v) is 8.50. The predicted molar refractivity (Wildman–Crippen MR) is 131 cm³/mol. The highest BCUT2D eigenvalue weighted by Gasteiger charge is 2.32. The molecule has 3 atom stereocenters. The molecule has 176 valence electrons. The van der Waals surface area contributed by atoms with Crippen molar-refractivity contribution >= 4 is 33.7 Å². The predicted octanol–water partition coefficient (Wildman–Crippen LogP) is 3.18. The molecule has 8 heteroatoms. The van der Waals surface area contributed by atoms with Gasteiger partial charge in [0.1, 0.15) is 6.04 Å². The minimum absolute atomic E-state index is 0.171. The van der Waals surface area contributed by atoms with E-state index >= 15 is 0 Å². The number of nitrogens with one attached hydrogen (secondary N) is 2. The molecular formula is C26H25BrN2O5. The summed E-state index contributed by atoms with van der Waals surface area (Å²) < 4.78 is 5.72. The third-order valence-corrected chi connectivity index (χ3v) is 5.75. The Morgan fingerprint density at radius 2 is 1.47 bits per heavy atom. The molecule has 7 nitrogen and oxygen atoms in total. The van der Waals surface area contributed by atoms with Crippen LogP contribution in [0.3, 0.4) is 0 Å². The highest BCUT2D eigenvalue weighted by Crippen LogP contribution is 2.19. The summed E-state index contributed by atoms with van der Waals surface area (Å²) in [6.07, 6.45) is -1.49. The van der Waals surface area contributed by atoms with Crippen molar-refractivity contribution in [2.45, 2.75) is 24.6 Å². The second kappa shape index (κ2) is 12.1. The van der Waals surface area contributed by atoms with Gasteiger partial charge in [0, 0.05) is 16.5 Å². The number of hydrogen-bond donors (Lipinski definition) is 3. The fraction of sp³-hybridized carbons (Fsp3) is 0.192. The number of carbonyl (C=O) groups excluding carboxylic acids is 3. The van der Waals surface area contributed by atoms with Gasteiger partial charge < -0.3 is 20.5 Å². The number of benzene rings is 3. The third kappa shape index (κ3) is 6.76. The minimum Gasteiger partial charge on any atom is -0.467 e. The largest absolute Gasteiger partial charge is 0.467 e. The number of methoxy groups -OCH3 is 1. The lowest BCUT2D eigenvalue weighted by Crippen LogP contribution is -2.51. The van der Waals surface area contributed by atoms with Crippen molar-refractivity contribution in [3.8, 4) is 0 Å². The zero-order valence-electron chi connectivity index (χ0n) is 18.5. The van der Waals surface area contributed by atoms with E-state index in [0.29, 0.717) is 11.1 Å². The number of esters is 1. The molecule has 0 bridgehead atoms. The highest BCUT2D eigenvalue weighted by molar-refractivity contribution is 9.10. The molecule has 2 amide bonds. The van der Waals surface area contributed by atoms with Gasteiger partial charge in [-0.3, -0.25) is 9.59 Å². The maximum absolute atomic E-state index is 13.0. The van der Waals surface area contributed by atoms with Gasteiger partial charge >= 0.3 is 5.97 Å². The van der Waals surface area contributed by atoms with Crippen LogP contribution in [-0.2, 0) is 20.7 Å². The fourth-order valence-electron chi connectivity index (χ4n) is 3.42. The Hall–Kier alpha value is -3.49. The summed E-state index contributed by atoms with van der Waals surface area (Å²) in [4.78, 5) is 38.1. The Bertz CT molecular complexity index is 1110. The van der Waals surface area contributed by atoms with Crippen LogP contribution in [-0.4, -0.2) is 42.1 Å². The molecule has 0 aliphatic carbocycles. The molecular weight excluding hydrogens is 500 g/mol. The van der Waals surface area contributed by atoms with E-state index in [2.05, 4.69) is 26.6 Å². The molecule has 3 rings (SSSR count). The summed E-state index contributed by atoms with van der Waals surface area (Å²) in [5.74, 6) is -1.90. The van der Waals surface area contributed by atoms with E-state index in [1.54, 1.807) is 60.7 Å². The van der Waals surface area contributed by atoms with Crippen molar-refractivity contribution in [1.82, 2.24) is 10.6 Å². The number of hydrogen-bond acceptors (Lipinski definition) is 5. The molecule has 3 N–H and O–H groups in total. The SMILES string of the molecule is COC(=O)[C@@H](Cc1ccc(Br)cc1)NC(=O)[C@H](O)[C@@H](NC(=O)c1ccccc1)c1ccccc1. The van der Waals surface area contributed by atoms with Gasteiger partial charge in [-0.15, -0.1) is 0 Å². The molecule has 0 aliphatic heterocycles. The smallest absolute Gasteiger partial charge is 0.328 e. The summed E-state index contributed by atoms with van der Waals surface area (Å²) >= 11 is 3.36. The summed E-state index contributed by atoms with van der Waals surface area (Å²) in [6, 6.07) is 22.4. The van der Waals surface area contributed by atoms with Crippen molar-refractivity contribution in [3.63, 3.8) is 0 Å². The topological polar surface area (TPSA) is 105 Å². The molecule has 0 saturated carbocycles. The molecule has 0 fully saturated rings. The van der Waals surface area contributed by atoms with Crippen molar-refractivity contribution in [1.29, 1.82) is 0 Å². The molecule has 0 saturated heterocycles. The van der Waals surface area contributed by atoms with E-state index in [4.69, 9.17) is 4.74 Å². The number of rotatable bonds is 9. The Morgan fingerprint density at radius 3 is 2.06 bits per heavy atom. The minimum atomic E-state index is -1.66. The Kier molecular flexibility index (Phi) is 8.95. The maximum atomic E-state index is 13.0. The van der Waals surface area contributed by atoms with Crippen LogP contribution in [0.5, 0.6) is 0 Å². The van der Waals surface area contributed by atoms with E-state index in [1.807, 2.05) is 24.3 Å². The summed E-state index contributed by atoms with van der Waals surface area (Å²) in [6.45, 7) is 0. The first-order chi connectivity index (χ1) is 16.4. The summed E-state index contributed by atoms with van der Waals surface area (Å²) in [5.41, 5.74) is 1.72. The Morgan fingerprint density at radius 1 is 0.882 bits per heavy atom. The van der Waals surface area contributed by atoms with Crippen LogP contribution in [0, 0.1) is 0 Å². The lowest BCUT2D eigenvalue weighted by atomic mass is 9.99. The lowest BCUT2D eigenvalue weighted by molar-refractivity contribution is -0.146. The van der Waals surface area contributed by atoms with E-state index < -0.39 is 36.0 Å². The molecule has 0 radical (unpaired) electrons. The van der Waals surface area contributed by atoms with Gasteiger partial charge in [-0.05, 0) is 35.4 Å². The molecule has 0 heterocycles. The monoisotopic (exact) mass is 524 g/mol. The van der Waals surface area contributed by atoms with Crippen molar-refractivity contribution in [3.05, 3.63) is 106 Å². The van der Waals surface area contributed by atoms with E-state index in [-0.39, 0.29) is 6.42 Å². The summed E-state index contributed by atoms with van der Waals surface area (Å²) in [7, 11) is 1.23. The lowest BCUT2D eigenvalue weighted by Gasteiger charge is -2.26. The Labute approximate surface area is 206 Å². The number of ether oxygens (including phenoxy) is 1. The molecule has 0 aliphatic rings. The van der Waals surface area contributed by atoms with Crippen LogP contribution < -0.4 is 10.6 Å². The standard InChI is InChI=1S/C26H25BrN2O5/c1-34-26(33)21(16-17-12-14-20(27)15-13-17)28-25(32)23(30)22(18-8-4-2-5-9-18)29-24(31)19-10-6-3-7-11-19/h2-15,21-23,30H,16H2,1H3,(H,28,32)(H,29,31)/t21-,22+,23-/m1/s1. The van der Waals surface area contributed by atoms with Crippen LogP contribution in [0.4, 0.5) is 0 Å². The van der Waals surface area contributed by atoms with Crippen LogP contribution in [0.1, 0.15) is 27.5 Å². The van der Waals surface area contributed by atoms with Crippen LogP contribution in [0.2, 0.25) is 0 Å². The molecule has 3 aromatic rings. The first-order valence-corrected chi connectivity index (χ1v) is 11.4. The first-order valence-electron chi connectivity index (χ1n) is 10.6. The molecule has 34 heavy (non-hydrogen) atoms. The molecule has 0 unspecified atom stereocenters. The average molecular weight is 525 g/mol.